The van der Waals surface area contributed by atoms with E-state index >= 15 is 0 Å². The minimum atomic E-state index is -0.107. The molecular formula is C14H17ClN2O2S2. The van der Waals surface area contributed by atoms with E-state index in [2.05, 4.69) is 10.3 Å². The molecule has 2 heterocycles. The molecule has 0 aliphatic rings. The number of aromatic nitrogens is 1. The molecule has 0 bridgehead atoms. The van der Waals surface area contributed by atoms with E-state index < -0.39 is 0 Å². The van der Waals surface area contributed by atoms with Crippen LogP contribution >= 0.6 is 34.3 Å². The van der Waals surface area contributed by atoms with Crippen molar-refractivity contribution in [2.24, 2.45) is 0 Å². The first-order valence-corrected chi connectivity index (χ1v) is 8.67. The van der Waals surface area contributed by atoms with Gasteiger partial charge in [0, 0.05) is 12.6 Å². The second-order valence-electron chi connectivity index (χ2n) is 4.78. The van der Waals surface area contributed by atoms with Crippen LogP contribution in [0, 0.1) is 6.92 Å². The molecule has 114 valence electrons. The molecular weight excluding hydrogens is 328 g/mol. The highest BCUT2D eigenvalue weighted by Crippen LogP contribution is 2.34. The fourth-order valence-electron chi connectivity index (χ4n) is 1.90. The highest BCUT2D eigenvalue weighted by atomic mass is 35.5. The van der Waals surface area contributed by atoms with Gasteiger partial charge in [0.05, 0.1) is 14.9 Å². The zero-order valence-corrected chi connectivity index (χ0v) is 14.2. The van der Waals surface area contributed by atoms with Crippen LogP contribution < -0.4 is 5.32 Å². The SMILES string of the molecule is Cc1nc(-c2ccc(Cl)s2)sc1C(=O)NC(C)CCCO. The van der Waals surface area contributed by atoms with Gasteiger partial charge in [-0.05, 0) is 38.8 Å². The van der Waals surface area contributed by atoms with Crippen molar-refractivity contribution >= 4 is 40.2 Å². The second kappa shape index (κ2) is 7.35. The zero-order valence-electron chi connectivity index (χ0n) is 11.9. The third-order valence-corrected chi connectivity index (χ3v) is 5.52. The molecule has 21 heavy (non-hydrogen) atoms. The number of aliphatic hydroxyl groups is 1. The highest BCUT2D eigenvalue weighted by molar-refractivity contribution is 7.24. The largest absolute Gasteiger partial charge is 0.396 e. The third-order valence-electron chi connectivity index (χ3n) is 2.96. The molecule has 0 saturated heterocycles. The van der Waals surface area contributed by atoms with Gasteiger partial charge in [-0.15, -0.1) is 22.7 Å². The lowest BCUT2D eigenvalue weighted by Gasteiger charge is -2.12. The summed E-state index contributed by atoms with van der Waals surface area (Å²) in [6.45, 7) is 3.91. The Morgan fingerprint density at radius 3 is 2.86 bits per heavy atom. The molecule has 0 spiro atoms. The Balaban J connectivity index is 2.10. The van der Waals surface area contributed by atoms with Gasteiger partial charge in [-0.2, -0.15) is 0 Å². The van der Waals surface area contributed by atoms with Gasteiger partial charge < -0.3 is 10.4 Å². The first-order valence-electron chi connectivity index (χ1n) is 6.66. The highest BCUT2D eigenvalue weighted by Gasteiger charge is 2.18. The topological polar surface area (TPSA) is 62.2 Å². The first kappa shape index (κ1) is 16.4. The summed E-state index contributed by atoms with van der Waals surface area (Å²) in [5.74, 6) is -0.107. The molecule has 0 saturated carbocycles. The number of hydrogen-bond acceptors (Lipinski definition) is 5. The average Bonchev–Trinajstić information content (AvgIpc) is 3.02. The molecule has 1 atom stereocenters. The summed E-state index contributed by atoms with van der Waals surface area (Å²) in [5.41, 5.74) is 0.728. The standard InChI is InChI=1S/C14H17ClN2O2S2/c1-8(4-3-7-18)16-13(19)12-9(2)17-14(21-12)10-5-6-11(15)20-10/h5-6,8,18H,3-4,7H2,1-2H3,(H,16,19). The molecule has 1 amide bonds. The van der Waals surface area contributed by atoms with Crippen LogP contribution in [0.25, 0.3) is 9.88 Å². The van der Waals surface area contributed by atoms with E-state index in [-0.39, 0.29) is 18.6 Å². The number of aryl methyl sites for hydroxylation is 1. The molecule has 4 nitrogen and oxygen atoms in total. The van der Waals surface area contributed by atoms with E-state index in [0.29, 0.717) is 15.6 Å². The van der Waals surface area contributed by atoms with Crippen LogP contribution in [0.15, 0.2) is 12.1 Å². The van der Waals surface area contributed by atoms with Crippen LogP contribution in [0.1, 0.15) is 35.1 Å². The van der Waals surface area contributed by atoms with Gasteiger partial charge in [-0.1, -0.05) is 11.6 Å². The maximum Gasteiger partial charge on any atom is 0.263 e. The molecule has 0 aliphatic heterocycles. The summed E-state index contributed by atoms with van der Waals surface area (Å²) in [4.78, 5) is 18.3. The number of carbonyl (C=O) groups excluding carboxylic acids is 1. The Labute approximate surface area is 136 Å². The fourth-order valence-corrected chi connectivity index (χ4v) is 3.97. The summed E-state index contributed by atoms with van der Waals surface area (Å²) < 4.78 is 0.710. The number of halogens is 1. The lowest BCUT2D eigenvalue weighted by molar-refractivity contribution is 0.0939. The number of aliphatic hydroxyl groups excluding tert-OH is 1. The van der Waals surface area contributed by atoms with Crippen molar-refractivity contribution in [2.75, 3.05) is 6.61 Å². The number of carbonyl (C=O) groups is 1. The molecule has 0 radical (unpaired) electrons. The molecule has 2 N–H and O–H groups in total. The lowest BCUT2D eigenvalue weighted by atomic mass is 10.2. The van der Waals surface area contributed by atoms with Crippen molar-refractivity contribution in [3.63, 3.8) is 0 Å². The molecule has 1 unspecified atom stereocenters. The number of thiophene rings is 1. The maximum atomic E-state index is 12.3. The average molecular weight is 345 g/mol. The van der Waals surface area contributed by atoms with E-state index in [1.165, 1.54) is 22.7 Å². The van der Waals surface area contributed by atoms with Crippen LogP contribution in [0.3, 0.4) is 0 Å². The Kier molecular flexibility index (Phi) is 5.75. The molecule has 0 aliphatic carbocycles. The first-order chi connectivity index (χ1) is 10.0. The van der Waals surface area contributed by atoms with Gasteiger partial charge in [0.2, 0.25) is 0 Å². The summed E-state index contributed by atoms with van der Waals surface area (Å²) in [5, 5.41) is 12.6. The number of amides is 1. The Morgan fingerprint density at radius 1 is 1.48 bits per heavy atom. The number of hydrogen-bond donors (Lipinski definition) is 2. The van der Waals surface area contributed by atoms with E-state index in [9.17, 15) is 4.79 Å². The Morgan fingerprint density at radius 2 is 2.24 bits per heavy atom. The molecule has 0 fully saturated rings. The predicted octanol–water partition coefficient (Wildman–Crippen LogP) is 3.72. The van der Waals surface area contributed by atoms with E-state index in [1.807, 2.05) is 26.0 Å². The smallest absolute Gasteiger partial charge is 0.263 e. The monoisotopic (exact) mass is 344 g/mol. The molecule has 2 aromatic heterocycles. The van der Waals surface area contributed by atoms with Crippen molar-refractivity contribution in [3.8, 4) is 9.88 Å². The third kappa shape index (κ3) is 4.26. The number of rotatable bonds is 6. The van der Waals surface area contributed by atoms with Crippen LogP contribution in [0.5, 0.6) is 0 Å². The summed E-state index contributed by atoms with van der Waals surface area (Å²) >= 11 is 8.76. The molecule has 2 rings (SSSR count). The van der Waals surface area contributed by atoms with E-state index in [1.54, 1.807) is 0 Å². The van der Waals surface area contributed by atoms with Gasteiger partial charge >= 0.3 is 0 Å². The molecule has 2 aromatic rings. The minimum absolute atomic E-state index is 0.0331. The van der Waals surface area contributed by atoms with Crippen LogP contribution in [0.2, 0.25) is 4.34 Å². The summed E-state index contributed by atoms with van der Waals surface area (Å²) in [7, 11) is 0. The number of nitrogens with zero attached hydrogens (tertiary/aromatic N) is 1. The fraction of sp³-hybridized carbons (Fsp3) is 0.429. The van der Waals surface area contributed by atoms with Crippen molar-refractivity contribution in [1.29, 1.82) is 0 Å². The van der Waals surface area contributed by atoms with Gasteiger partial charge in [-0.25, -0.2) is 4.98 Å². The Bertz CT molecular complexity index is 624. The van der Waals surface area contributed by atoms with Crippen LogP contribution in [-0.4, -0.2) is 28.6 Å². The number of thiazole rings is 1. The van der Waals surface area contributed by atoms with Gasteiger partial charge in [0.15, 0.2) is 0 Å². The second-order valence-corrected chi connectivity index (χ2v) is 7.49. The molecule has 0 aromatic carbocycles. The van der Waals surface area contributed by atoms with Gasteiger partial charge in [0.25, 0.3) is 5.91 Å². The van der Waals surface area contributed by atoms with Crippen molar-refractivity contribution in [2.45, 2.75) is 32.7 Å². The van der Waals surface area contributed by atoms with Gasteiger partial charge in [-0.3, -0.25) is 4.79 Å². The lowest BCUT2D eigenvalue weighted by Crippen LogP contribution is -2.32. The molecule has 7 heteroatoms. The summed E-state index contributed by atoms with van der Waals surface area (Å²) in [6.07, 6.45) is 1.44. The van der Waals surface area contributed by atoms with Crippen molar-refractivity contribution in [1.82, 2.24) is 10.3 Å². The number of nitrogens with one attached hydrogen (secondary N) is 1. The predicted molar refractivity (Wildman–Crippen MR) is 88.4 cm³/mol. The van der Waals surface area contributed by atoms with Crippen molar-refractivity contribution < 1.29 is 9.90 Å². The summed E-state index contributed by atoms with van der Waals surface area (Å²) in [6, 6.07) is 3.78. The van der Waals surface area contributed by atoms with Crippen molar-refractivity contribution in [3.05, 3.63) is 27.0 Å². The van der Waals surface area contributed by atoms with Crippen LogP contribution in [0.4, 0.5) is 0 Å². The Hall–Kier alpha value is -0.950. The van der Waals surface area contributed by atoms with E-state index in [4.69, 9.17) is 16.7 Å². The quantitative estimate of drug-likeness (QED) is 0.839. The van der Waals surface area contributed by atoms with Crippen LogP contribution in [-0.2, 0) is 0 Å². The van der Waals surface area contributed by atoms with E-state index in [0.717, 1.165) is 22.0 Å². The zero-order chi connectivity index (χ0) is 15.4. The minimum Gasteiger partial charge on any atom is -0.396 e. The normalized spacial score (nSPS) is 12.4. The maximum absolute atomic E-state index is 12.3. The van der Waals surface area contributed by atoms with Gasteiger partial charge in [0.1, 0.15) is 9.88 Å².